The molecule has 0 atom stereocenters. The highest BCUT2D eigenvalue weighted by Crippen LogP contribution is 2.50. The summed E-state index contributed by atoms with van der Waals surface area (Å²) in [6.45, 7) is 14.9. The normalized spacial score (nSPS) is 12.9. The number of fused-ring (bicyclic) bond motifs is 4. The van der Waals surface area contributed by atoms with Gasteiger partial charge in [0, 0.05) is 39.3 Å². The quantitative estimate of drug-likeness (QED) is 0.119. The fourth-order valence-electron chi connectivity index (χ4n) is 12.8. The molecule has 78 heavy (non-hydrogen) atoms. The van der Waals surface area contributed by atoms with Crippen LogP contribution in [0.3, 0.4) is 0 Å². The Kier molecular flexibility index (Phi) is 12.3. The van der Waals surface area contributed by atoms with Crippen molar-refractivity contribution in [2.24, 2.45) is 0 Å². The van der Waals surface area contributed by atoms with E-state index in [1.165, 1.54) is 104 Å². The summed E-state index contributed by atoms with van der Waals surface area (Å²) in [5.74, 6) is 0. The van der Waals surface area contributed by atoms with Crippen molar-refractivity contribution >= 4 is 94.1 Å². The van der Waals surface area contributed by atoms with E-state index in [2.05, 4.69) is 323 Å². The first-order valence-electron chi connectivity index (χ1n) is 27.6. The number of para-hydroxylation sites is 2. The highest BCUT2D eigenvalue weighted by molar-refractivity contribution is 7.04. The van der Waals surface area contributed by atoms with Crippen LogP contribution in [0.15, 0.2) is 273 Å². The van der Waals surface area contributed by atoms with Crippen molar-refractivity contribution in [3.05, 3.63) is 284 Å². The van der Waals surface area contributed by atoms with Crippen molar-refractivity contribution in [3.63, 3.8) is 0 Å². The lowest BCUT2D eigenvalue weighted by atomic mass is 9.33. The summed E-state index contributed by atoms with van der Waals surface area (Å²) < 4.78 is 0. The number of anilines is 6. The van der Waals surface area contributed by atoms with E-state index < -0.39 is 21.6 Å². The lowest BCUT2D eigenvalue weighted by Gasteiger charge is -2.46. The second kappa shape index (κ2) is 19.5. The Morgan fingerprint density at radius 2 is 0.654 bits per heavy atom. The van der Waals surface area contributed by atoms with Gasteiger partial charge in [-0.3, -0.25) is 0 Å². The van der Waals surface area contributed by atoms with E-state index in [1.807, 2.05) is 0 Å². The third-order valence-electron chi connectivity index (χ3n) is 17.4. The van der Waals surface area contributed by atoms with E-state index >= 15 is 0 Å². The molecule has 0 spiro atoms. The van der Waals surface area contributed by atoms with Gasteiger partial charge in [0.05, 0.1) is 11.4 Å². The lowest BCUT2D eigenvalue weighted by Crippen LogP contribution is -2.64. The van der Waals surface area contributed by atoms with Gasteiger partial charge in [0.25, 0.3) is 6.71 Å². The summed E-state index contributed by atoms with van der Waals surface area (Å²) in [4.78, 5) is 5.30. The van der Waals surface area contributed by atoms with Crippen molar-refractivity contribution in [1.82, 2.24) is 0 Å². The molecule has 0 N–H and O–H groups in total. The molecule has 13 rings (SSSR count). The Hall–Kier alpha value is -8.48. The second-order valence-corrected chi connectivity index (χ2v) is 31.7. The zero-order chi connectivity index (χ0) is 53.2. The van der Waals surface area contributed by atoms with Crippen LogP contribution in [0.25, 0.3) is 33.4 Å². The topological polar surface area (TPSA) is 6.48 Å². The van der Waals surface area contributed by atoms with Crippen LogP contribution in [0.4, 0.5) is 34.1 Å². The van der Waals surface area contributed by atoms with Crippen LogP contribution in [-0.4, -0.2) is 22.9 Å². The Morgan fingerprint density at radius 1 is 0.308 bits per heavy atom. The van der Waals surface area contributed by atoms with E-state index in [0.717, 1.165) is 11.4 Å². The van der Waals surface area contributed by atoms with Crippen molar-refractivity contribution in [3.8, 4) is 33.4 Å². The molecule has 2 nitrogen and oxygen atoms in total. The Balaban J connectivity index is 1.17. The minimum atomic E-state index is -2.22. The highest BCUT2D eigenvalue weighted by Gasteiger charge is 2.47. The van der Waals surface area contributed by atoms with Gasteiger partial charge in [-0.1, -0.05) is 297 Å². The zero-order valence-electron chi connectivity index (χ0n) is 45.5. The molecular formula is C73H63BN2Si2. The van der Waals surface area contributed by atoms with Gasteiger partial charge in [0.1, 0.15) is 16.1 Å². The zero-order valence-corrected chi connectivity index (χ0v) is 47.5. The van der Waals surface area contributed by atoms with E-state index in [-0.39, 0.29) is 6.71 Å². The molecule has 0 aromatic heterocycles. The second-order valence-electron chi connectivity index (χ2n) is 22.9. The summed E-state index contributed by atoms with van der Waals surface area (Å²) in [5, 5.41) is 5.72. The summed E-state index contributed by atoms with van der Waals surface area (Å²) >= 11 is 0. The maximum absolute atomic E-state index is 2.65. The molecule has 0 fully saturated rings. The van der Waals surface area contributed by atoms with Crippen LogP contribution >= 0.6 is 0 Å². The Morgan fingerprint density at radius 3 is 1.08 bits per heavy atom. The average Bonchev–Trinajstić information content (AvgIpc) is 3.46. The van der Waals surface area contributed by atoms with Gasteiger partial charge < -0.3 is 9.80 Å². The molecular weight excluding hydrogens is 972 g/mol. The molecule has 11 aromatic carbocycles. The number of hydrogen-bond donors (Lipinski definition) is 0. The van der Waals surface area contributed by atoms with Gasteiger partial charge in [-0.15, -0.1) is 0 Å². The van der Waals surface area contributed by atoms with E-state index in [4.69, 9.17) is 0 Å². The minimum absolute atomic E-state index is 0.0879. The van der Waals surface area contributed by atoms with Crippen LogP contribution in [0.1, 0.15) is 25.0 Å². The van der Waals surface area contributed by atoms with Gasteiger partial charge in [0.15, 0.2) is 0 Å². The predicted molar refractivity (Wildman–Crippen MR) is 342 cm³/mol. The Bertz CT molecular complexity index is 3800. The van der Waals surface area contributed by atoms with Gasteiger partial charge in [-0.05, 0) is 86.2 Å². The monoisotopic (exact) mass is 1030 g/mol. The van der Waals surface area contributed by atoms with E-state index in [0.29, 0.717) is 0 Å². The highest BCUT2D eigenvalue weighted by atomic mass is 28.3. The average molecular weight is 1040 g/mol. The van der Waals surface area contributed by atoms with Crippen molar-refractivity contribution in [2.45, 2.75) is 45.5 Å². The number of hydrogen-bond acceptors (Lipinski definition) is 2. The van der Waals surface area contributed by atoms with Gasteiger partial charge >= 0.3 is 0 Å². The van der Waals surface area contributed by atoms with Crippen molar-refractivity contribution in [2.75, 3.05) is 9.80 Å². The summed E-state index contributed by atoms with van der Waals surface area (Å²) in [7, 11) is -4.45. The maximum atomic E-state index is 2.65. The standard InChI is InChI=1S/C73H63BN2Si2/c1-73(2,63-41-25-22-38-60(63)52-28-12-7-13-29-52)55-48-70-72-71(49-55)76(67-43-27-24-40-62(67)54-32-16-9-17-33-54)69-47-45-59(78(5,6)57-36-20-11-21-37-57)51-65(69)74(72)64-50-58(77(3,4)56-34-18-10-19-35-56)44-46-68(64)75(70)66-42-26-23-39-61(66)53-30-14-8-15-31-53/h7-51H,1-6H3. The van der Waals surface area contributed by atoms with E-state index in [1.54, 1.807) is 0 Å². The number of benzene rings is 11. The minimum Gasteiger partial charge on any atom is -0.311 e. The fraction of sp³-hybridized carbons (Fsp3) is 0.0959. The Labute approximate surface area is 464 Å². The first-order chi connectivity index (χ1) is 38.0. The molecule has 0 radical (unpaired) electrons. The fourth-order valence-corrected chi connectivity index (χ4v) is 17.6. The molecule has 2 heterocycles. The van der Waals surface area contributed by atoms with Gasteiger partial charge in [0.2, 0.25) is 0 Å². The molecule has 0 amide bonds. The first kappa shape index (κ1) is 49.1. The third kappa shape index (κ3) is 8.23. The summed E-state index contributed by atoms with van der Waals surface area (Å²) in [6.07, 6.45) is 0. The van der Waals surface area contributed by atoms with Crippen LogP contribution in [0, 0.1) is 0 Å². The lowest BCUT2D eigenvalue weighted by molar-refractivity contribution is 0.643. The molecule has 0 bridgehead atoms. The molecule has 0 unspecified atom stereocenters. The van der Waals surface area contributed by atoms with Gasteiger partial charge in [-0.2, -0.15) is 0 Å². The molecule has 2 aliphatic rings. The van der Waals surface area contributed by atoms with Crippen LogP contribution in [0.2, 0.25) is 26.2 Å². The third-order valence-corrected chi connectivity index (χ3v) is 24.4. The largest absolute Gasteiger partial charge is 0.311 e. The smallest absolute Gasteiger partial charge is 0.252 e. The number of nitrogens with zero attached hydrogens (tertiary/aromatic N) is 2. The number of rotatable bonds is 11. The van der Waals surface area contributed by atoms with E-state index in [9.17, 15) is 0 Å². The van der Waals surface area contributed by atoms with Gasteiger partial charge in [-0.25, -0.2) is 0 Å². The van der Waals surface area contributed by atoms with Crippen LogP contribution in [-0.2, 0) is 5.41 Å². The molecule has 376 valence electrons. The molecule has 0 aliphatic carbocycles. The molecule has 2 aliphatic heterocycles. The summed E-state index contributed by atoms with van der Waals surface area (Å²) in [6, 6.07) is 103. The van der Waals surface area contributed by atoms with Crippen molar-refractivity contribution in [1.29, 1.82) is 0 Å². The van der Waals surface area contributed by atoms with Crippen molar-refractivity contribution < 1.29 is 0 Å². The van der Waals surface area contributed by atoms with Crippen LogP contribution in [0.5, 0.6) is 0 Å². The molecule has 5 heteroatoms. The maximum Gasteiger partial charge on any atom is 0.252 e. The SMILES string of the molecule is CC(C)(c1cc2c3c(c1)N(c1ccccc1-c1ccccc1)c1ccc([Si](C)(C)c4ccccc4)cc1B3c1cc([Si](C)(C)c3ccccc3)ccc1N2c1ccccc1-c1ccccc1)c1ccccc1-c1ccccc1. The molecule has 0 saturated heterocycles. The predicted octanol–water partition coefficient (Wildman–Crippen LogP) is 14.7. The molecule has 11 aromatic rings. The molecule has 0 saturated carbocycles. The summed E-state index contributed by atoms with van der Waals surface area (Å²) in [5.41, 5.74) is 20.5. The first-order valence-corrected chi connectivity index (χ1v) is 33.6. The van der Waals surface area contributed by atoms with Crippen LogP contribution < -0.4 is 46.9 Å².